The second-order valence-corrected chi connectivity index (χ2v) is 6.22. The van der Waals surface area contributed by atoms with Gasteiger partial charge in [-0.05, 0) is 60.6 Å². The molecule has 0 aliphatic carbocycles. The molecule has 0 radical (unpaired) electrons. The number of benzene rings is 1. The molecule has 18 heavy (non-hydrogen) atoms. The molecule has 1 aromatic carbocycles. The quantitative estimate of drug-likeness (QED) is 0.728. The number of nitrogens with zero attached hydrogens (tertiary/aromatic N) is 2. The lowest BCUT2D eigenvalue weighted by Gasteiger charge is -2.35. The van der Waals surface area contributed by atoms with Crippen molar-refractivity contribution in [3.05, 3.63) is 33.4 Å². The van der Waals surface area contributed by atoms with Crippen molar-refractivity contribution in [3.63, 3.8) is 0 Å². The molecule has 1 heterocycles. The van der Waals surface area contributed by atoms with Crippen LogP contribution in [0.25, 0.3) is 0 Å². The molecule has 0 bridgehead atoms. The molecule has 94 valence electrons. The average Bonchev–Trinajstić information content (AvgIpc) is 2.39. The first-order valence-electron chi connectivity index (χ1n) is 6.00. The van der Waals surface area contributed by atoms with E-state index in [1.807, 2.05) is 36.1 Å². The Bertz CT molecular complexity index is 499. The summed E-state index contributed by atoms with van der Waals surface area (Å²) >= 11 is 2.21. The first-order chi connectivity index (χ1) is 8.54. The minimum absolute atomic E-state index is 0.0773. The second-order valence-electron chi connectivity index (χ2n) is 4.98. The normalized spacial score (nSPS) is 18.2. The van der Waals surface area contributed by atoms with Gasteiger partial charge in [0.15, 0.2) is 0 Å². The molecule has 3 nitrogen and oxygen atoms in total. The van der Waals surface area contributed by atoms with Gasteiger partial charge in [-0.15, -0.1) is 0 Å². The molecule has 0 N–H and O–H groups in total. The summed E-state index contributed by atoms with van der Waals surface area (Å²) in [6.07, 6.45) is 1.53. The minimum Gasteiger partial charge on any atom is -0.339 e. The third-order valence-electron chi connectivity index (χ3n) is 3.50. The largest absolute Gasteiger partial charge is 0.339 e. The standard InChI is InChI=1S/C14H15IN2O/c1-14(10-16)5-7-17(8-6-14)13(18)11-3-2-4-12(15)9-11/h2-4,9H,5-8H2,1H3. The van der Waals surface area contributed by atoms with Crippen LogP contribution in [0.4, 0.5) is 0 Å². The Morgan fingerprint density at radius 2 is 2.11 bits per heavy atom. The van der Waals surface area contributed by atoms with Crippen LogP contribution in [-0.4, -0.2) is 23.9 Å². The Labute approximate surface area is 121 Å². The van der Waals surface area contributed by atoms with Crippen molar-refractivity contribution in [1.29, 1.82) is 5.26 Å². The van der Waals surface area contributed by atoms with Crippen LogP contribution >= 0.6 is 22.6 Å². The van der Waals surface area contributed by atoms with Gasteiger partial charge >= 0.3 is 0 Å². The molecule has 1 amide bonds. The number of hydrogen-bond donors (Lipinski definition) is 0. The van der Waals surface area contributed by atoms with Gasteiger partial charge in [0.25, 0.3) is 5.91 Å². The van der Waals surface area contributed by atoms with Gasteiger partial charge in [-0.25, -0.2) is 0 Å². The number of amides is 1. The van der Waals surface area contributed by atoms with Crippen LogP contribution < -0.4 is 0 Å². The van der Waals surface area contributed by atoms with E-state index in [4.69, 9.17) is 5.26 Å². The van der Waals surface area contributed by atoms with Gasteiger partial charge < -0.3 is 4.90 Å². The first-order valence-corrected chi connectivity index (χ1v) is 7.08. The summed E-state index contributed by atoms with van der Waals surface area (Å²) in [4.78, 5) is 14.1. The lowest BCUT2D eigenvalue weighted by molar-refractivity contribution is 0.0661. The molecule has 1 aliphatic heterocycles. The highest BCUT2D eigenvalue weighted by atomic mass is 127. The van der Waals surface area contributed by atoms with Gasteiger partial charge in [0.2, 0.25) is 0 Å². The summed E-state index contributed by atoms with van der Waals surface area (Å²) in [7, 11) is 0. The summed E-state index contributed by atoms with van der Waals surface area (Å²) in [6, 6.07) is 9.98. The van der Waals surface area contributed by atoms with E-state index < -0.39 is 0 Å². The average molecular weight is 354 g/mol. The highest BCUT2D eigenvalue weighted by Crippen LogP contribution is 2.30. The van der Waals surface area contributed by atoms with Gasteiger partial charge in [0.05, 0.1) is 11.5 Å². The number of carbonyl (C=O) groups excluding carboxylic acids is 1. The predicted molar refractivity (Wildman–Crippen MR) is 78.0 cm³/mol. The van der Waals surface area contributed by atoms with E-state index in [0.29, 0.717) is 13.1 Å². The number of piperidine rings is 1. The summed E-state index contributed by atoms with van der Waals surface area (Å²) in [5.74, 6) is 0.0773. The number of nitriles is 1. The van der Waals surface area contributed by atoms with Gasteiger partial charge in [-0.2, -0.15) is 5.26 Å². The van der Waals surface area contributed by atoms with Crippen molar-refractivity contribution in [2.45, 2.75) is 19.8 Å². The molecule has 4 heteroatoms. The van der Waals surface area contributed by atoms with Crippen LogP contribution in [-0.2, 0) is 0 Å². The van der Waals surface area contributed by atoms with E-state index >= 15 is 0 Å². The van der Waals surface area contributed by atoms with E-state index in [0.717, 1.165) is 22.0 Å². The summed E-state index contributed by atoms with van der Waals surface area (Å²) in [6.45, 7) is 3.32. The number of hydrogen-bond acceptors (Lipinski definition) is 2. The smallest absolute Gasteiger partial charge is 0.253 e. The highest BCUT2D eigenvalue weighted by molar-refractivity contribution is 14.1. The van der Waals surface area contributed by atoms with E-state index in [-0.39, 0.29) is 11.3 Å². The molecule has 1 aromatic rings. The zero-order valence-corrected chi connectivity index (χ0v) is 12.5. The molecule has 1 saturated heterocycles. The van der Waals surface area contributed by atoms with E-state index in [1.165, 1.54) is 0 Å². The fourth-order valence-electron chi connectivity index (χ4n) is 2.12. The second kappa shape index (κ2) is 5.27. The van der Waals surface area contributed by atoms with Crippen molar-refractivity contribution in [1.82, 2.24) is 4.90 Å². The molecule has 1 fully saturated rings. The molecule has 0 spiro atoms. The van der Waals surface area contributed by atoms with Crippen molar-refractivity contribution in [2.24, 2.45) is 5.41 Å². The maximum Gasteiger partial charge on any atom is 0.253 e. The Morgan fingerprint density at radius 3 is 2.67 bits per heavy atom. The Kier molecular flexibility index (Phi) is 3.91. The van der Waals surface area contributed by atoms with E-state index in [2.05, 4.69) is 28.7 Å². The number of likely N-dealkylation sites (tertiary alicyclic amines) is 1. The molecule has 0 saturated carbocycles. The van der Waals surface area contributed by atoms with Crippen molar-refractivity contribution in [3.8, 4) is 6.07 Å². The Balaban J connectivity index is 2.07. The fourth-order valence-corrected chi connectivity index (χ4v) is 2.66. The lowest BCUT2D eigenvalue weighted by atomic mass is 9.82. The Morgan fingerprint density at radius 1 is 1.44 bits per heavy atom. The van der Waals surface area contributed by atoms with Crippen LogP contribution in [0, 0.1) is 20.3 Å². The fraction of sp³-hybridized carbons (Fsp3) is 0.429. The zero-order chi connectivity index (χ0) is 13.2. The summed E-state index contributed by atoms with van der Waals surface area (Å²) in [5, 5.41) is 9.07. The van der Waals surface area contributed by atoms with Crippen LogP contribution in [0.1, 0.15) is 30.1 Å². The summed E-state index contributed by atoms with van der Waals surface area (Å²) < 4.78 is 1.07. The molecular formula is C14H15IN2O. The van der Waals surface area contributed by atoms with Crippen molar-refractivity contribution >= 4 is 28.5 Å². The topological polar surface area (TPSA) is 44.1 Å². The zero-order valence-electron chi connectivity index (χ0n) is 10.3. The minimum atomic E-state index is -0.262. The first kappa shape index (κ1) is 13.3. The number of halogens is 1. The molecule has 0 atom stereocenters. The predicted octanol–water partition coefficient (Wildman–Crippen LogP) is 3.06. The molecular weight excluding hydrogens is 339 g/mol. The molecule has 0 unspecified atom stereocenters. The van der Waals surface area contributed by atoms with Crippen LogP contribution in [0.15, 0.2) is 24.3 Å². The molecule has 0 aromatic heterocycles. The number of rotatable bonds is 1. The highest BCUT2D eigenvalue weighted by Gasteiger charge is 2.32. The third-order valence-corrected chi connectivity index (χ3v) is 4.17. The van der Waals surface area contributed by atoms with Crippen molar-refractivity contribution in [2.75, 3.05) is 13.1 Å². The van der Waals surface area contributed by atoms with Gasteiger partial charge in [-0.3, -0.25) is 4.79 Å². The SMILES string of the molecule is CC1(C#N)CCN(C(=O)c2cccc(I)c2)CC1. The van der Waals surface area contributed by atoms with E-state index in [9.17, 15) is 4.79 Å². The van der Waals surface area contributed by atoms with Crippen LogP contribution in [0.3, 0.4) is 0 Å². The van der Waals surface area contributed by atoms with E-state index in [1.54, 1.807) is 0 Å². The molecule has 2 rings (SSSR count). The third kappa shape index (κ3) is 2.83. The van der Waals surface area contributed by atoms with Crippen molar-refractivity contribution < 1.29 is 4.79 Å². The number of carbonyl (C=O) groups is 1. The summed E-state index contributed by atoms with van der Waals surface area (Å²) in [5.41, 5.74) is 0.476. The lowest BCUT2D eigenvalue weighted by Crippen LogP contribution is -2.41. The Hall–Kier alpha value is -1.09. The maximum absolute atomic E-state index is 12.3. The monoisotopic (exact) mass is 354 g/mol. The van der Waals surface area contributed by atoms with Gasteiger partial charge in [0, 0.05) is 22.2 Å². The van der Waals surface area contributed by atoms with Gasteiger partial charge in [-0.1, -0.05) is 6.07 Å². The van der Waals surface area contributed by atoms with Gasteiger partial charge in [0.1, 0.15) is 0 Å². The maximum atomic E-state index is 12.3. The van der Waals surface area contributed by atoms with Crippen LogP contribution in [0.5, 0.6) is 0 Å². The molecule has 1 aliphatic rings. The van der Waals surface area contributed by atoms with Crippen LogP contribution in [0.2, 0.25) is 0 Å².